The summed E-state index contributed by atoms with van der Waals surface area (Å²) in [4.78, 5) is 16.0. The van der Waals surface area contributed by atoms with Crippen LogP contribution in [0.5, 0.6) is 0 Å². The second-order valence-corrected chi connectivity index (χ2v) is 7.10. The second-order valence-electron chi connectivity index (χ2n) is 7.10. The summed E-state index contributed by atoms with van der Waals surface area (Å²) in [5, 5.41) is 17.8. The van der Waals surface area contributed by atoms with Crippen molar-refractivity contribution in [2.75, 3.05) is 13.2 Å². The van der Waals surface area contributed by atoms with Crippen LogP contribution in [0, 0.1) is 0 Å². The Kier molecular flexibility index (Phi) is 15.1. The monoisotopic (exact) mass is 440 g/mol. The Balaban J connectivity index is 5.57. The number of unbranched alkanes of at least 4 members (excludes halogenated alkanes) is 2. The number of ether oxygens (including phenoxy) is 1. The number of hydrogen-bond acceptors (Lipinski definition) is 5. The van der Waals surface area contributed by atoms with Crippen LogP contribution in [-0.4, -0.2) is 29.5 Å². The molecule has 0 aromatic rings. The van der Waals surface area contributed by atoms with E-state index in [0.29, 0.717) is 16.7 Å². The molecule has 0 aliphatic rings. The molecule has 0 saturated heterocycles. The fourth-order valence-corrected chi connectivity index (χ4v) is 2.50. The summed E-state index contributed by atoms with van der Waals surface area (Å²) < 4.78 is 5.00. The van der Waals surface area contributed by atoms with E-state index in [1.165, 1.54) is 6.08 Å². The normalized spacial score (nSPS) is 12.2. The predicted octanol–water partition coefficient (Wildman–Crippen LogP) is 6.32. The molecular formula is C27H36O5. The van der Waals surface area contributed by atoms with E-state index in [4.69, 9.17) is 15.1 Å². The Morgan fingerprint density at radius 3 is 2.25 bits per heavy atom. The van der Waals surface area contributed by atoms with E-state index in [1.807, 2.05) is 31.2 Å². The molecule has 0 aromatic carbocycles. The summed E-state index contributed by atoms with van der Waals surface area (Å²) in [6.07, 6.45) is 14.5. The van der Waals surface area contributed by atoms with Crippen LogP contribution in [0.15, 0.2) is 109 Å². The first kappa shape index (κ1) is 29.0. The van der Waals surface area contributed by atoms with Crippen molar-refractivity contribution in [3.05, 3.63) is 109 Å². The average Bonchev–Trinajstić information content (AvgIpc) is 2.78. The summed E-state index contributed by atoms with van der Waals surface area (Å²) in [5.41, 5.74) is 3.66. The smallest absolute Gasteiger partial charge is 0.341 e. The topological polar surface area (TPSA) is 76.0 Å². The lowest BCUT2D eigenvalue weighted by Gasteiger charge is -2.14. The number of carbonyl (C=O) groups excluding carboxylic acids is 1. The number of aliphatic hydroxyl groups is 1. The van der Waals surface area contributed by atoms with Crippen LogP contribution in [0.25, 0.3) is 0 Å². The first-order valence-corrected chi connectivity index (χ1v) is 10.5. The zero-order valence-corrected chi connectivity index (χ0v) is 19.4. The highest BCUT2D eigenvalue weighted by atomic mass is 17.1. The van der Waals surface area contributed by atoms with Crippen molar-refractivity contribution in [3.63, 3.8) is 0 Å². The lowest BCUT2D eigenvalue weighted by atomic mass is 9.92. The van der Waals surface area contributed by atoms with Gasteiger partial charge >= 0.3 is 5.97 Å². The van der Waals surface area contributed by atoms with Crippen LogP contribution < -0.4 is 0 Å². The molecule has 0 spiro atoms. The van der Waals surface area contributed by atoms with E-state index in [2.05, 4.69) is 44.7 Å². The molecule has 174 valence electrons. The van der Waals surface area contributed by atoms with Gasteiger partial charge in [-0.2, -0.15) is 0 Å². The third-order valence-corrected chi connectivity index (χ3v) is 4.47. The van der Waals surface area contributed by atoms with Gasteiger partial charge < -0.3 is 9.84 Å². The first-order valence-electron chi connectivity index (χ1n) is 10.5. The van der Waals surface area contributed by atoms with Gasteiger partial charge in [-0.05, 0) is 53.7 Å². The van der Waals surface area contributed by atoms with Crippen molar-refractivity contribution in [3.8, 4) is 0 Å². The fraction of sp³-hybridized carbons (Fsp3) is 0.296. The van der Waals surface area contributed by atoms with E-state index in [-0.39, 0.29) is 17.9 Å². The van der Waals surface area contributed by atoms with Crippen LogP contribution in [0.3, 0.4) is 0 Å². The van der Waals surface area contributed by atoms with Crippen molar-refractivity contribution in [1.82, 2.24) is 0 Å². The van der Waals surface area contributed by atoms with Crippen molar-refractivity contribution >= 4 is 5.97 Å². The number of rotatable bonds is 16. The maximum absolute atomic E-state index is 11.7. The number of esters is 1. The molecule has 0 saturated carbocycles. The molecule has 0 unspecified atom stereocenters. The van der Waals surface area contributed by atoms with E-state index >= 15 is 0 Å². The summed E-state index contributed by atoms with van der Waals surface area (Å²) >= 11 is 0. The van der Waals surface area contributed by atoms with Crippen LogP contribution in [0.1, 0.15) is 39.5 Å². The Morgan fingerprint density at radius 1 is 1.00 bits per heavy atom. The molecule has 2 N–H and O–H groups in total. The molecule has 32 heavy (non-hydrogen) atoms. The lowest BCUT2D eigenvalue weighted by Crippen LogP contribution is -2.08. The summed E-state index contributed by atoms with van der Waals surface area (Å²) in [5.74, 6) is -0.647. The van der Waals surface area contributed by atoms with Crippen molar-refractivity contribution in [2.24, 2.45) is 0 Å². The highest BCUT2D eigenvalue weighted by Gasteiger charge is 2.10. The number of aliphatic hydroxyl groups excluding tert-OH is 1. The quantitative estimate of drug-likeness (QED) is 0.0559. The third kappa shape index (κ3) is 11.4. The standard InChI is InChI=1S/C27H36O5/c1-8-10-12-14-25(17-21(4)26(19-31-30)13-11-9-2)24(7)20(3)15-16-23(6)32-27(29)22(5)18-28/h9,11,13,15-17,28,30H,3-8,10,12,14,18-19H2,1-2H3/b11-9-,16-15-,25-17-,26-13+. The summed E-state index contributed by atoms with van der Waals surface area (Å²) in [7, 11) is 0. The van der Waals surface area contributed by atoms with Gasteiger partial charge in [0.05, 0.1) is 12.2 Å². The van der Waals surface area contributed by atoms with Gasteiger partial charge in [-0.3, -0.25) is 5.26 Å². The zero-order chi connectivity index (χ0) is 24.5. The Bertz CT molecular complexity index is 834. The van der Waals surface area contributed by atoms with E-state index in [9.17, 15) is 4.79 Å². The lowest BCUT2D eigenvalue weighted by molar-refractivity contribution is -0.233. The molecule has 0 rings (SSSR count). The molecule has 0 atom stereocenters. The molecular weight excluding hydrogens is 404 g/mol. The van der Waals surface area contributed by atoms with Crippen LogP contribution in [-0.2, 0) is 14.4 Å². The van der Waals surface area contributed by atoms with Crippen LogP contribution in [0.4, 0.5) is 0 Å². The van der Waals surface area contributed by atoms with E-state index < -0.39 is 12.6 Å². The van der Waals surface area contributed by atoms with Crippen molar-refractivity contribution in [1.29, 1.82) is 0 Å². The maximum Gasteiger partial charge on any atom is 0.341 e. The van der Waals surface area contributed by atoms with Gasteiger partial charge in [0.25, 0.3) is 0 Å². The third-order valence-electron chi connectivity index (χ3n) is 4.47. The molecule has 0 amide bonds. The molecule has 0 aliphatic carbocycles. The minimum absolute atomic E-state index is 0.0135. The van der Waals surface area contributed by atoms with Gasteiger partial charge in [0, 0.05) is 0 Å². The average molecular weight is 441 g/mol. The molecule has 0 radical (unpaired) electrons. The number of allylic oxidation sites excluding steroid dienone is 9. The van der Waals surface area contributed by atoms with Crippen molar-refractivity contribution in [2.45, 2.75) is 39.5 Å². The number of carbonyl (C=O) groups is 1. The minimum atomic E-state index is -0.741. The summed E-state index contributed by atoms with van der Waals surface area (Å²) in [6.45, 7) is 23.0. The molecule has 5 heteroatoms. The van der Waals surface area contributed by atoms with Gasteiger partial charge in [0.1, 0.15) is 12.4 Å². The van der Waals surface area contributed by atoms with Gasteiger partial charge in [0.15, 0.2) is 0 Å². The summed E-state index contributed by atoms with van der Waals surface area (Å²) in [6, 6.07) is 0. The van der Waals surface area contributed by atoms with Gasteiger partial charge in [0.2, 0.25) is 0 Å². The van der Waals surface area contributed by atoms with Crippen molar-refractivity contribution < 1.29 is 24.8 Å². The van der Waals surface area contributed by atoms with Gasteiger partial charge in [-0.15, -0.1) is 0 Å². The molecule has 0 aromatic heterocycles. The molecule has 0 fully saturated rings. The van der Waals surface area contributed by atoms with Gasteiger partial charge in [-0.1, -0.05) is 83.0 Å². The van der Waals surface area contributed by atoms with Gasteiger partial charge in [-0.25, -0.2) is 9.68 Å². The first-order chi connectivity index (χ1) is 15.2. The Hall–Kier alpha value is -2.99. The maximum atomic E-state index is 11.7. The fourth-order valence-electron chi connectivity index (χ4n) is 2.50. The highest BCUT2D eigenvalue weighted by molar-refractivity contribution is 5.88. The van der Waals surface area contributed by atoms with Crippen LogP contribution >= 0.6 is 0 Å². The molecule has 0 heterocycles. The molecule has 5 nitrogen and oxygen atoms in total. The molecule has 0 bridgehead atoms. The number of hydrogen-bond donors (Lipinski definition) is 2. The Labute approximate surface area is 192 Å². The van der Waals surface area contributed by atoms with E-state index in [0.717, 1.165) is 36.8 Å². The predicted molar refractivity (Wildman–Crippen MR) is 132 cm³/mol. The SMILES string of the molecule is C=C(/C=C\C(=C)C(=C)/C(=C\C(=C)/C(=C/C=C\C)COO)CCCCC)OC(=O)C(=C)CO. The second kappa shape index (κ2) is 16.7. The minimum Gasteiger partial charge on any atom is -0.424 e. The van der Waals surface area contributed by atoms with E-state index in [1.54, 1.807) is 6.08 Å². The zero-order valence-electron chi connectivity index (χ0n) is 19.4. The highest BCUT2D eigenvalue weighted by Crippen LogP contribution is 2.26. The van der Waals surface area contributed by atoms with Crippen LogP contribution in [0.2, 0.25) is 0 Å². The molecule has 0 aliphatic heterocycles. The Morgan fingerprint density at radius 2 is 1.69 bits per heavy atom. The largest absolute Gasteiger partial charge is 0.424 e.